The predicted octanol–water partition coefficient (Wildman–Crippen LogP) is 2.81. The summed E-state index contributed by atoms with van der Waals surface area (Å²) >= 11 is 0. The van der Waals surface area contributed by atoms with Crippen molar-refractivity contribution < 1.29 is 17.2 Å². The lowest BCUT2D eigenvalue weighted by molar-refractivity contribution is 0.504. The molecule has 0 spiro atoms. The molecule has 7 heteroatoms. The highest BCUT2D eigenvalue weighted by molar-refractivity contribution is 7.92. The molecule has 2 aromatic carbocycles. The molecule has 2 rings (SSSR count). The molecule has 106 valence electrons. The zero-order valence-electron chi connectivity index (χ0n) is 10.5. The normalized spacial score (nSPS) is 11.2. The van der Waals surface area contributed by atoms with E-state index in [0.29, 0.717) is 11.8 Å². The Bertz CT molecular complexity index is 716. The summed E-state index contributed by atoms with van der Waals surface area (Å²) < 4.78 is 52.2. The molecule has 4 nitrogen and oxygen atoms in total. The van der Waals surface area contributed by atoms with Gasteiger partial charge in [-0.3, -0.25) is 4.72 Å². The van der Waals surface area contributed by atoms with Crippen LogP contribution in [0.3, 0.4) is 0 Å². The minimum atomic E-state index is -3.95. The standard InChI is InChI=1S/C13H12F2N2O2S/c1-16-9-2-4-10(5-3-9)17-20(18,19)11-6-7-12(14)13(15)8-11/h2-8,16-17H,1H3. The molecular formula is C13H12F2N2O2S. The van der Waals surface area contributed by atoms with Gasteiger partial charge in [-0.2, -0.15) is 0 Å². The fourth-order valence-corrected chi connectivity index (χ4v) is 2.63. The van der Waals surface area contributed by atoms with Gasteiger partial charge >= 0.3 is 0 Å². The summed E-state index contributed by atoms with van der Waals surface area (Å²) in [5.41, 5.74) is 1.15. The van der Waals surface area contributed by atoms with Crippen molar-refractivity contribution >= 4 is 21.4 Å². The van der Waals surface area contributed by atoms with Gasteiger partial charge < -0.3 is 5.32 Å². The smallest absolute Gasteiger partial charge is 0.261 e. The second-order valence-electron chi connectivity index (χ2n) is 4.01. The number of nitrogens with one attached hydrogen (secondary N) is 2. The molecule has 2 N–H and O–H groups in total. The second kappa shape index (κ2) is 5.46. The van der Waals surface area contributed by atoms with E-state index >= 15 is 0 Å². The number of anilines is 2. The van der Waals surface area contributed by atoms with E-state index < -0.39 is 21.7 Å². The minimum Gasteiger partial charge on any atom is -0.388 e. The van der Waals surface area contributed by atoms with Crippen molar-refractivity contribution in [2.24, 2.45) is 0 Å². The van der Waals surface area contributed by atoms with E-state index in [9.17, 15) is 17.2 Å². The fraction of sp³-hybridized carbons (Fsp3) is 0.0769. The van der Waals surface area contributed by atoms with Crippen molar-refractivity contribution in [3.8, 4) is 0 Å². The molecule has 20 heavy (non-hydrogen) atoms. The van der Waals surface area contributed by atoms with Gasteiger partial charge in [-0.05, 0) is 42.5 Å². The van der Waals surface area contributed by atoms with E-state index in [0.717, 1.165) is 17.8 Å². The summed E-state index contributed by atoms with van der Waals surface area (Å²) in [6.45, 7) is 0. The van der Waals surface area contributed by atoms with Crippen LogP contribution in [-0.2, 0) is 10.0 Å². The minimum absolute atomic E-state index is 0.328. The lowest BCUT2D eigenvalue weighted by atomic mass is 10.3. The van der Waals surface area contributed by atoms with Crippen molar-refractivity contribution in [1.82, 2.24) is 0 Å². The quantitative estimate of drug-likeness (QED) is 0.912. The van der Waals surface area contributed by atoms with Crippen molar-refractivity contribution in [2.75, 3.05) is 17.1 Å². The van der Waals surface area contributed by atoms with Crippen LogP contribution in [0.2, 0.25) is 0 Å². The van der Waals surface area contributed by atoms with E-state index in [4.69, 9.17) is 0 Å². The molecule has 2 aromatic rings. The third-order valence-corrected chi connectivity index (χ3v) is 4.01. The molecule has 0 heterocycles. The zero-order chi connectivity index (χ0) is 14.8. The zero-order valence-corrected chi connectivity index (χ0v) is 11.3. The molecule has 0 fully saturated rings. The van der Waals surface area contributed by atoms with Crippen LogP contribution in [-0.4, -0.2) is 15.5 Å². The maximum Gasteiger partial charge on any atom is 0.261 e. The fourth-order valence-electron chi connectivity index (χ4n) is 1.56. The van der Waals surface area contributed by atoms with Gasteiger partial charge in [0.25, 0.3) is 10.0 Å². The molecule has 0 saturated heterocycles. The van der Waals surface area contributed by atoms with Crippen LogP contribution in [0.1, 0.15) is 0 Å². The summed E-state index contributed by atoms with van der Waals surface area (Å²) in [7, 11) is -2.21. The molecule has 0 bridgehead atoms. The highest BCUT2D eigenvalue weighted by Crippen LogP contribution is 2.19. The van der Waals surface area contributed by atoms with Crippen LogP contribution >= 0.6 is 0 Å². The number of hydrogen-bond acceptors (Lipinski definition) is 3. The summed E-state index contributed by atoms with van der Waals surface area (Å²) in [5, 5.41) is 2.89. The highest BCUT2D eigenvalue weighted by Gasteiger charge is 2.16. The Kier molecular flexibility index (Phi) is 3.89. The topological polar surface area (TPSA) is 58.2 Å². The molecule has 0 aromatic heterocycles. The molecule has 0 aliphatic heterocycles. The Morgan fingerprint density at radius 2 is 1.50 bits per heavy atom. The summed E-state index contributed by atoms with van der Waals surface area (Å²) in [4.78, 5) is -0.339. The van der Waals surface area contributed by atoms with Gasteiger partial charge in [-0.1, -0.05) is 0 Å². The van der Waals surface area contributed by atoms with Crippen LogP contribution in [0.25, 0.3) is 0 Å². The Balaban J connectivity index is 2.27. The molecule has 0 unspecified atom stereocenters. The van der Waals surface area contributed by atoms with E-state index in [1.54, 1.807) is 31.3 Å². The Hall–Kier alpha value is -2.15. The molecule has 0 saturated carbocycles. The van der Waals surface area contributed by atoms with Gasteiger partial charge in [0, 0.05) is 18.4 Å². The monoisotopic (exact) mass is 298 g/mol. The number of halogens is 2. The van der Waals surface area contributed by atoms with E-state index in [2.05, 4.69) is 10.0 Å². The van der Waals surface area contributed by atoms with Crippen LogP contribution in [0.15, 0.2) is 47.4 Å². The van der Waals surface area contributed by atoms with Gasteiger partial charge in [0.2, 0.25) is 0 Å². The SMILES string of the molecule is CNc1ccc(NS(=O)(=O)c2ccc(F)c(F)c2)cc1. The van der Waals surface area contributed by atoms with Crippen LogP contribution in [0, 0.1) is 11.6 Å². The highest BCUT2D eigenvalue weighted by atomic mass is 32.2. The van der Waals surface area contributed by atoms with Crippen molar-refractivity contribution in [3.63, 3.8) is 0 Å². The Morgan fingerprint density at radius 1 is 0.900 bits per heavy atom. The Labute approximate surface area is 115 Å². The molecule has 0 radical (unpaired) electrons. The molecule has 0 amide bonds. The average molecular weight is 298 g/mol. The van der Waals surface area contributed by atoms with Gasteiger partial charge in [-0.15, -0.1) is 0 Å². The van der Waals surface area contributed by atoms with Crippen LogP contribution in [0.5, 0.6) is 0 Å². The maximum absolute atomic E-state index is 13.1. The molecule has 0 aliphatic carbocycles. The Morgan fingerprint density at radius 3 is 2.05 bits per heavy atom. The second-order valence-corrected chi connectivity index (χ2v) is 5.69. The predicted molar refractivity (Wildman–Crippen MR) is 73.2 cm³/mol. The van der Waals surface area contributed by atoms with Gasteiger partial charge in [0.05, 0.1) is 4.90 Å². The maximum atomic E-state index is 13.1. The first-order chi connectivity index (χ1) is 9.42. The van der Waals surface area contributed by atoms with Crippen molar-refractivity contribution in [1.29, 1.82) is 0 Å². The average Bonchev–Trinajstić information content (AvgIpc) is 2.42. The van der Waals surface area contributed by atoms with Crippen LogP contribution in [0.4, 0.5) is 20.2 Å². The number of hydrogen-bond donors (Lipinski definition) is 2. The molecule has 0 atom stereocenters. The molecular weight excluding hydrogens is 286 g/mol. The van der Waals surface area contributed by atoms with Crippen molar-refractivity contribution in [2.45, 2.75) is 4.90 Å². The first-order valence-electron chi connectivity index (χ1n) is 5.68. The van der Waals surface area contributed by atoms with E-state index in [1.165, 1.54) is 0 Å². The number of benzene rings is 2. The largest absolute Gasteiger partial charge is 0.388 e. The first kappa shape index (κ1) is 14.3. The third kappa shape index (κ3) is 3.05. The van der Waals surface area contributed by atoms with E-state index in [1.807, 2.05) is 0 Å². The number of rotatable bonds is 4. The summed E-state index contributed by atoms with van der Waals surface area (Å²) in [5.74, 6) is -2.30. The van der Waals surface area contributed by atoms with Crippen LogP contribution < -0.4 is 10.0 Å². The third-order valence-electron chi connectivity index (χ3n) is 2.63. The number of sulfonamides is 1. The summed E-state index contributed by atoms with van der Waals surface area (Å²) in [6.07, 6.45) is 0. The van der Waals surface area contributed by atoms with Gasteiger partial charge in [0.15, 0.2) is 11.6 Å². The van der Waals surface area contributed by atoms with Gasteiger partial charge in [-0.25, -0.2) is 17.2 Å². The lowest BCUT2D eigenvalue weighted by Crippen LogP contribution is -2.13. The lowest BCUT2D eigenvalue weighted by Gasteiger charge is -2.09. The summed E-state index contributed by atoms with van der Waals surface area (Å²) in [6, 6.07) is 8.90. The molecule has 0 aliphatic rings. The van der Waals surface area contributed by atoms with Crippen molar-refractivity contribution in [3.05, 3.63) is 54.1 Å². The first-order valence-corrected chi connectivity index (χ1v) is 7.16. The van der Waals surface area contributed by atoms with Gasteiger partial charge in [0.1, 0.15) is 0 Å². The van der Waals surface area contributed by atoms with E-state index in [-0.39, 0.29) is 4.90 Å².